The van der Waals surface area contributed by atoms with Gasteiger partial charge >= 0.3 is 0 Å². The first kappa shape index (κ1) is 12.3. The van der Waals surface area contributed by atoms with Crippen LogP contribution in [-0.4, -0.2) is 28.0 Å². The second-order valence-corrected chi connectivity index (χ2v) is 4.10. The summed E-state index contributed by atoms with van der Waals surface area (Å²) < 4.78 is 1.82. The molecule has 5 heteroatoms. The van der Waals surface area contributed by atoms with Gasteiger partial charge in [0.1, 0.15) is 11.6 Å². The predicted molar refractivity (Wildman–Crippen MR) is 72.6 cm³/mol. The van der Waals surface area contributed by atoms with Gasteiger partial charge in [0.05, 0.1) is 6.54 Å². The van der Waals surface area contributed by atoms with Crippen LogP contribution in [0, 0.1) is 0 Å². The topological polar surface area (TPSA) is 67.3 Å². The van der Waals surface area contributed by atoms with Crippen molar-refractivity contribution in [1.82, 2.24) is 9.78 Å². The zero-order valence-electron chi connectivity index (χ0n) is 10.5. The standard InChI is InChI=1S/C13H18N4O/c1-2-16(11-4-3-5-12(18)10-11)8-9-17-7-6-13(14)15-17/h3-7,10,18H,2,8-9H2,1H3,(H2,14,15). The molecular weight excluding hydrogens is 228 g/mol. The maximum atomic E-state index is 9.49. The highest BCUT2D eigenvalue weighted by Gasteiger charge is 2.05. The number of hydrogen-bond acceptors (Lipinski definition) is 4. The van der Waals surface area contributed by atoms with Crippen molar-refractivity contribution >= 4 is 11.5 Å². The van der Waals surface area contributed by atoms with E-state index in [1.54, 1.807) is 18.2 Å². The van der Waals surface area contributed by atoms with Gasteiger partial charge < -0.3 is 15.7 Å². The SMILES string of the molecule is CCN(CCn1ccc(N)n1)c1cccc(O)c1. The van der Waals surface area contributed by atoms with Gasteiger partial charge in [-0.15, -0.1) is 0 Å². The summed E-state index contributed by atoms with van der Waals surface area (Å²) in [7, 11) is 0. The summed E-state index contributed by atoms with van der Waals surface area (Å²) in [6.07, 6.45) is 1.87. The molecule has 0 saturated heterocycles. The van der Waals surface area contributed by atoms with Crippen LogP contribution in [0.2, 0.25) is 0 Å². The molecule has 1 heterocycles. The van der Waals surface area contributed by atoms with Gasteiger partial charge in [0.25, 0.3) is 0 Å². The van der Waals surface area contributed by atoms with Crippen molar-refractivity contribution in [2.75, 3.05) is 23.7 Å². The fourth-order valence-electron chi connectivity index (χ4n) is 1.88. The molecule has 0 unspecified atom stereocenters. The molecule has 5 nitrogen and oxygen atoms in total. The number of anilines is 2. The Balaban J connectivity index is 2.01. The number of phenols is 1. The third-order valence-electron chi connectivity index (χ3n) is 2.84. The summed E-state index contributed by atoms with van der Waals surface area (Å²) in [5, 5.41) is 13.6. The Morgan fingerprint density at radius 3 is 2.83 bits per heavy atom. The van der Waals surface area contributed by atoms with Crippen molar-refractivity contribution in [1.29, 1.82) is 0 Å². The number of aromatic hydroxyl groups is 1. The smallest absolute Gasteiger partial charge is 0.145 e. The van der Waals surface area contributed by atoms with Gasteiger partial charge in [-0.3, -0.25) is 4.68 Å². The Bertz CT molecular complexity index is 509. The number of rotatable bonds is 5. The molecule has 0 aliphatic rings. The van der Waals surface area contributed by atoms with Crippen molar-refractivity contribution < 1.29 is 5.11 Å². The predicted octanol–water partition coefficient (Wildman–Crippen LogP) is 1.70. The Hall–Kier alpha value is -2.17. The lowest BCUT2D eigenvalue weighted by atomic mass is 10.2. The molecule has 0 saturated carbocycles. The molecule has 0 atom stereocenters. The van der Waals surface area contributed by atoms with Gasteiger partial charge in [0.15, 0.2) is 0 Å². The summed E-state index contributed by atoms with van der Waals surface area (Å²) in [6.45, 7) is 4.55. The van der Waals surface area contributed by atoms with Gasteiger partial charge in [-0.25, -0.2) is 0 Å². The highest BCUT2D eigenvalue weighted by atomic mass is 16.3. The number of nitrogens with zero attached hydrogens (tertiary/aromatic N) is 3. The minimum absolute atomic E-state index is 0.286. The van der Waals surface area contributed by atoms with Crippen LogP contribution in [0.3, 0.4) is 0 Å². The van der Waals surface area contributed by atoms with Crippen LogP contribution in [-0.2, 0) is 6.54 Å². The molecular formula is C13H18N4O. The molecule has 2 aromatic rings. The quantitative estimate of drug-likeness (QED) is 0.842. The number of phenolic OH excluding ortho intramolecular Hbond substituents is 1. The normalized spacial score (nSPS) is 10.5. The summed E-state index contributed by atoms with van der Waals surface area (Å²) in [4.78, 5) is 2.18. The van der Waals surface area contributed by atoms with Gasteiger partial charge in [-0.1, -0.05) is 6.07 Å². The van der Waals surface area contributed by atoms with Crippen LogP contribution in [0.5, 0.6) is 5.75 Å². The minimum Gasteiger partial charge on any atom is -0.508 e. The first-order valence-corrected chi connectivity index (χ1v) is 6.02. The molecule has 0 bridgehead atoms. The first-order chi connectivity index (χ1) is 8.69. The second kappa shape index (κ2) is 5.44. The van der Waals surface area contributed by atoms with Gasteiger partial charge in [-0.2, -0.15) is 5.10 Å². The summed E-state index contributed by atoms with van der Waals surface area (Å²) >= 11 is 0. The van der Waals surface area contributed by atoms with Crippen LogP contribution in [0.15, 0.2) is 36.5 Å². The van der Waals surface area contributed by atoms with E-state index in [-0.39, 0.29) is 5.75 Å². The van der Waals surface area contributed by atoms with Crippen LogP contribution in [0.1, 0.15) is 6.92 Å². The third kappa shape index (κ3) is 2.94. The van der Waals surface area contributed by atoms with Crippen LogP contribution in [0.4, 0.5) is 11.5 Å². The molecule has 0 amide bonds. The molecule has 0 spiro atoms. The molecule has 18 heavy (non-hydrogen) atoms. The molecule has 0 radical (unpaired) electrons. The largest absolute Gasteiger partial charge is 0.508 e. The number of nitrogens with two attached hydrogens (primary N) is 1. The zero-order chi connectivity index (χ0) is 13.0. The van der Waals surface area contributed by atoms with E-state index in [1.165, 1.54) is 0 Å². The number of hydrogen-bond donors (Lipinski definition) is 2. The van der Waals surface area contributed by atoms with E-state index in [9.17, 15) is 5.11 Å². The number of likely N-dealkylation sites (N-methyl/N-ethyl adjacent to an activating group) is 1. The average Bonchev–Trinajstić information content (AvgIpc) is 2.76. The molecule has 1 aromatic carbocycles. The fourth-order valence-corrected chi connectivity index (χ4v) is 1.88. The summed E-state index contributed by atoms with van der Waals surface area (Å²) in [5.74, 6) is 0.824. The molecule has 1 aromatic heterocycles. The lowest BCUT2D eigenvalue weighted by molar-refractivity contribution is 0.475. The minimum atomic E-state index is 0.286. The van der Waals surface area contributed by atoms with E-state index in [2.05, 4.69) is 16.9 Å². The highest BCUT2D eigenvalue weighted by molar-refractivity contribution is 5.50. The van der Waals surface area contributed by atoms with E-state index in [0.717, 1.165) is 25.3 Å². The first-order valence-electron chi connectivity index (χ1n) is 6.02. The Kier molecular flexibility index (Phi) is 3.72. The number of nitrogen functional groups attached to an aromatic ring is 1. The second-order valence-electron chi connectivity index (χ2n) is 4.10. The Morgan fingerprint density at radius 1 is 1.39 bits per heavy atom. The summed E-state index contributed by atoms with van der Waals surface area (Å²) in [6, 6.07) is 9.05. The molecule has 0 aliphatic heterocycles. The van der Waals surface area contributed by atoms with Crippen LogP contribution >= 0.6 is 0 Å². The van der Waals surface area contributed by atoms with E-state index < -0.39 is 0 Å². The van der Waals surface area contributed by atoms with Gasteiger partial charge in [0.2, 0.25) is 0 Å². The van der Waals surface area contributed by atoms with Gasteiger partial charge in [0, 0.05) is 31.0 Å². The lowest BCUT2D eigenvalue weighted by Gasteiger charge is -2.23. The maximum absolute atomic E-state index is 9.49. The highest BCUT2D eigenvalue weighted by Crippen LogP contribution is 2.19. The van der Waals surface area contributed by atoms with E-state index in [0.29, 0.717) is 5.82 Å². The third-order valence-corrected chi connectivity index (χ3v) is 2.84. The Morgan fingerprint density at radius 2 is 2.22 bits per heavy atom. The van der Waals surface area contributed by atoms with E-state index in [4.69, 9.17) is 5.73 Å². The monoisotopic (exact) mass is 246 g/mol. The van der Waals surface area contributed by atoms with Crippen molar-refractivity contribution in [3.63, 3.8) is 0 Å². The van der Waals surface area contributed by atoms with Crippen molar-refractivity contribution in [3.8, 4) is 5.75 Å². The average molecular weight is 246 g/mol. The molecule has 3 N–H and O–H groups in total. The van der Waals surface area contributed by atoms with Crippen molar-refractivity contribution in [2.45, 2.75) is 13.5 Å². The molecule has 0 aliphatic carbocycles. The zero-order valence-corrected chi connectivity index (χ0v) is 10.5. The number of aromatic nitrogens is 2. The van der Waals surface area contributed by atoms with Crippen molar-refractivity contribution in [3.05, 3.63) is 36.5 Å². The fraction of sp³-hybridized carbons (Fsp3) is 0.308. The maximum Gasteiger partial charge on any atom is 0.145 e. The Labute approximate surface area is 106 Å². The van der Waals surface area contributed by atoms with E-state index >= 15 is 0 Å². The molecule has 2 rings (SSSR count). The van der Waals surface area contributed by atoms with Gasteiger partial charge in [-0.05, 0) is 25.1 Å². The lowest BCUT2D eigenvalue weighted by Crippen LogP contribution is -2.27. The summed E-state index contributed by atoms with van der Waals surface area (Å²) in [5.41, 5.74) is 6.58. The van der Waals surface area contributed by atoms with Crippen molar-refractivity contribution in [2.24, 2.45) is 0 Å². The molecule has 96 valence electrons. The number of benzene rings is 1. The van der Waals surface area contributed by atoms with Crippen LogP contribution in [0.25, 0.3) is 0 Å². The van der Waals surface area contributed by atoms with Crippen LogP contribution < -0.4 is 10.6 Å². The van der Waals surface area contributed by atoms with E-state index in [1.807, 2.05) is 23.0 Å². The molecule has 0 fully saturated rings.